The highest BCUT2D eigenvalue weighted by Crippen LogP contribution is 2.17. The number of rotatable bonds is 2. The third-order valence-electron chi connectivity index (χ3n) is 2.57. The van der Waals surface area contributed by atoms with Crippen LogP contribution < -0.4 is 5.43 Å². The Hall–Kier alpha value is -2.10. The molecule has 1 aromatic heterocycles. The van der Waals surface area contributed by atoms with Crippen LogP contribution in [0.2, 0.25) is 0 Å². The lowest BCUT2D eigenvalue weighted by Gasteiger charge is -2.02. The van der Waals surface area contributed by atoms with Gasteiger partial charge in [-0.2, -0.15) is 5.10 Å². The lowest BCUT2D eigenvalue weighted by Crippen LogP contribution is -2.21. The molecule has 2 aromatic rings. The van der Waals surface area contributed by atoms with Crippen molar-refractivity contribution < 1.29 is 4.79 Å². The predicted octanol–water partition coefficient (Wildman–Crippen LogP) is 2.30. The summed E-state index contributed by atoms with van der Waals surface area (Å²) >= 11 is 0. The van der Waals surface area contributed by atoms with Crippen molar-refractivity contribution in [1.29, 1.82) is 0 Å². The molecule has 4 heteroatoms. The Labute approximate surface area is 99.9 Å². The van der Waals surface area contributed by atoms with Crippen molar-refractivity contribution in [2.45, 2.75) is 13.8 Å². The van der Waals surface area contributed by atoms with Crippen molar-refractivity contribution in [3.05, 3.63) is 36.0 Å². The first-order chi connectivity index (χ1) is 8.09. The molecule has 0 saturated heterocycles. The molecule has 1 N–H and O–H groups in total. The zero-order chi connectivity index (χ0) is 12.4. The molecule has 0 aliphatic heterocycles. The SMILES string of the molecule is CC(C)=NNC(=O)c1cc2ccccc2n1C. The smallest absolute Gasteiger partial charge is 0.287 e. The first-order valence-electron chi connectivity index (χ1n) is 5.45. The first kappa shape index (κ1) is 11.4. The van der Waals surface area contributed by atoms with Crippen molar-refractivity contribution in [3.63, 3.8) is 0 Å². The van der Waals surface area contributed by atoms with E-state index in [1.807, 2.05) is 55.8 Å². The van der Waals surface area contributed by atoms with Gasteiger partial charge in [-0.15, -0.1) is 0 Å². The lowest BCUT2D eigenvalue weighted by molar-refractivity contribution is 0.0947. The number of carbonyl (C=O) groups is 1. The molecule has 0 saturated carbocycles. The molecule has 1 aromatic carbocycles. The molecule has 0 spiro atoms. The fraction of sp³-hybridized carbons (Fsp3) is 0.231. The molecule has 88 valence electrons. The van der Waals surface area contributed by atoms with Crippen molar-refractivity contribution in [2.75, 3.05) is 0 Å². The predicted molar refractivity (Wildman–Crippen MR) is 69.2 cm³/mol. The minimum absolute atomic E-state index is 0.190. The van der Waals surface area contributed by atoms with Gasteiger partial charge in [0.15, 0.2) is 0 Å². The molecule has 0 radical (unpaired) electrons. The summed E-state index contributed by atoms with van der Waals surface area (Å²) < 4.78 is 1.87. The Balaban J connectivity index is 2.39. The zero-order valence-corrected chi connectivity index (χ0v) is 10.2. The van der Waals surface area contributed by atoms with E-state index in [1.165, 1.54) is 0 Å². The molecule has 0 atom stereocenters. The highest BCUT2D eigenvalue weighted by Gasteiger charge is 2.11. The summed E-state index contributed by atoms with van der Waals surface area (Å²) in [6.45, 7) is 3.67. The Kier molecular flexibility index (Phi) is 2.95. The fourth-order valence-electron chi connectivity index (χ4n) is 1.73. The number of nitrogens with one attached hydrogen (secondary N) is 1. The second kappa shape index (κ2) is 4.41. The van der Waals surface area contributed by atoms with Crippen LogP contribution in [0.4, 0.5) is 0 Å². The van der Waals surface area contributed by atoms with Crippen molar-refractivity contribution in [1.82, 2.24) is 9.99 Å². The van der Waals surface area contributed by atoms with Crippen LogP contribution in [-0.2, 0) is 7.05 Å². The van der Waals surface area contributed by atoms with Gasteiger partial charge in [0.25, 0.3) is 5.91 Å². The van der Waals surface area contributed by atoms with Gasteiger partial charge in [0.2, 0.25) is 0 Å². The third-order valence-corrected chi connectivity index (χ3v) is 2.57. The average Bonchev–Trinajstić information content (AvgIpc) is 2.64. The second-order valence-electron chi connectivity index (χ2n) is 4.15. The number of aromatic nitrogens is 1. The van der Waals surface area contributed by atoms with E-state index in [9.17, 15) is 4.79 Å². The van der Waals surface area contributed by atoms with Crippen LogP contribution in [-0.4, -0.2) is 16.2 Å². The molecule has 1 amide bonds. The maximum absolute atomic E-state index is 11.9. The molecule has 0 aliphatic rings. The number of nitrogens with zero attached hydrogens (tertiary/aromatic N) is 2. The Morgan fingerprint density at radius 1 is 1.29 bits per heavy atom. The minimum atomic E-state index is -0.190. The highest BCUT2D eigenvalue weighted by molar-refractivity contribution is 5.99. The summed E-state index contributed by atoms with van der Waals surface area (Å²) in [5.41, 5.74) is 4.99. The van der Waals surface area contributed by atoms with Gasteiger partial charge in [-0.05, 0) is 26.0 Å². The monoisotopic (exact) mass is 229 g/mol. The number of fused-ring (bicyclic) bond motifs is 1. The first-order valence-corrected chi connectivity index (χ1v) is 5.45. The number of hydrogen-bond donors (Lipinski definition) is 1. The van der Waals surface area contributed by atoms with Gasteiger partial charge >= 0.3 is 0 Å². The number of amides is 1. The van der Waals surface area contributed by atoms with Gasteiger partial charge in [0.05, 0.1) is 0 Å². The Morgan fingerprint density at radius 3 is 2.65 bits per heavy atom. The minimum Gasteiger partial charge on any atom is -0.340 e. The van der Waals surface area contributed by atoms with Gasteiger partial charge in [-0.3, -0.25) is 4.79 Å². The van der Waals surface area contributed by atoms with Crippen LogP contribution in [0.15, 0.2) is 35.4 Å². The molecule has 0 aliphatic carbocycles. The van der Waals surface area contributed by atoms with Crippen LogP contribution in [0.25, 0.3) is 10.9 Å². The number of carbonyl (C=O) groups excluding carboxylic acids is 1. The van der Waals surface area contributed by atoms with E-state index in [1.54, 1.807) is 0 Å². The van der Waals surface area contributed by atoms with E-state index in [0.29, 0.717) is 5.69 Å². The second-order valence-corrected chi connectivity index (χ2v) is 4.15. The fourth-order valence-corrected chi connectivity index (χ4v) is 1.73. The van der Waals surface area contributed by atoms with Crippen LogP contribution in [0.3, 0.4) is 0 Å². The summed E-state index contributed by atoms with van der Waals surface area (Å²) in [5.74, 6) is -0.190. The van der Waals surface area contributed by atoms with E-state index < -0.39 is 0 Å². The normalized spacial score (nSPS) is 10.3. The summed E-state index contributed by atoms with van der Waals surface area (Å²) in [6.07, 6.45) is 0. The van der Waals surface area contributed by atoms with Gasteiger partial charge in [0.1, 0.15) is 5.69 Å². The van der Waals surface area contributed by atoms with E-state index in [0.717, 1.165) is 16.6 Å². The van der Waals surface area contributed by atoms with Crippen LogP contribution in [0.1, 0.15) is 24.3 Å². The molecule has 17 heavy (non-hydrogen) atoms. The van der Waals surface area contributed by atoms with Gasteiger partial charge < -0.3 is 4.57 Å². The number of aryl methyl sites for hydroxylation is 1. The zero-order valence-electron chi connectivity index (χ0n) is 10.2. The van der Waals surface area contributed by atoms with Crippen LogP contribution >= 0.6 is 0 Å². The summed E-state index contributed by atoms with van der Waals surface area (Å²) in [7, 11) is 1.87. The molecule has 0 bridgehead atoms. The molecular weight excluding hydrogens is 214 g/mol. The van der Waals surface area contributed by atoms with E-state index in [4.69, 9.17) is 0 Å². The van der Waals surface area contributed by atoms with Crippen LogP contribution in [0, 0.1) is 0 Å². The third kappa shape index (κ3) is 2.20. The van der Waals surface area contributed by atoms with Crippen LogP contribution in [0.5, 0.6) is 0 Å². The molecular formula is C13H15N3O. The van der Waals surface area contributed by atoms with Crippen molar-refractivity contribution >= 4 is 22.5 Å². The standard InChI is InChI=1S/C13H15N3O/c1-9(2)14-15-13(17)12-8-10-6-4-5-7-11(10)16(12)3/h4-8H,1-3H3,(H,15,17). The molecule has 2 rings (SSSR count). The maximum Gasteiger partial charge on any atom is 0.287 e. The van der Waals surface area contributed by atoms with Crippen molar-refractivity contribution in [2.24, 2.45) is 12.1 Å². The topological polar surface area (TPSA) is 46.4 Å². The number of para-hydroxylation sites is 1. The lowest BCUT2D eigenvalue weighted by atomic mass is 10.2. The van der Waals surface area contributed by atoms with Gasteiger partial charge in [-0.1, -0.05) is 18.2 Å². The number of hydrogen-bond acceptors (Lipinski definition) is 2. The summed E-state index contributed by atoms with van der Waals surface area (Å²) in [6, 6.07) is 9.75. The molecule has 0 unspecified atom stereocenters. The van der Waals surface area contributed by atoms with E-state index in [-0.39, 0.29) is 5.91 Å². The maximum atomic E-state index is 11.9. The Bertz CT molecular complexity index is 592. The number of benzene rings is 1. The molecule has 0 fully saturated rings. The van der Waals surface area contributed by atoms with Gasteiger partial charge in [-0.25, -0.2) is 5.43 Å². The summed E-state index contributed by atoms with van der Waals surface area (Å²) in [5, 5.41) is 4.97. The van der Waals surface area contributed by atoms with Gasteiger partial charge in [0, 0.05) is 23.7 Å². The average molecular weight is 229 g/mol. The number of hydrazone groups is 1. The quantitative estimate of drug-likeness (QED) is 0.623. The Morgan fingerprint density at radius 2 is 2.00 bits per heavy atom. The molecule has 1 heterocycles. The highest BCUT2D eigenvalue weighted by atomic mass is 16.2. The summed E-state index contributed by atoms with van der Waals surface area (Å²) in [4.78, 5) is 11.9. The van der Waals surface area contributed by atoms with Crippen molar-refractivity contribution in [3.8, 4) is 0 Å². The molecule has 4 nitrogen and oxygen atoms in total. The van der Waals surface area contributed by atoms with E-state index >= 15 is 0 Å². The van der Waals surface area contributed by atoms with E-state index in [2.05, 4.69) is 10.5 Å². The largest absolute Gasteiger partial charge is 0.340 e.